The highest BCUT2D eigenvalue weighted by Gasteiger charge is 2.27. The van der Waals surface area contributed by atoms with E-state index in [1.807, 2.05) is 97.1 Å². The summed E-state index contributed by atoms with van der Waals surface area (Å²) in [6, 6.07) is 77.4. The molecule has 11 rings (SSSR count). The Morgan fingerprint density at radius 3 is 1.49 bits per heavy atom. The largest absolute Gasteiger partial charge is 0.308 e. The normalized spacial score (nSPS) is 12.5. The summed E-state index contributed by atoms with van der Waals surface area (Å²) >= 11 is 0. The molecule has 0 saturated carbocycles. The fourth-order valence-corrected chi connectivity index (χ4v) is 11.4. The average molecular weight is 1080 g/mol. The Morgan fingerprint density at radius 2 is 0.917 bits per heavy atom. The van der Waals surface area contributed by atoms with Gasteiger partial charge < -0.3 is 4.57 Å². The number of hydrogen-bond acceptors (Lipinski definition) is 3. The monoisotopic (exact) mass is 1080 g/mol. The zero-order valence-corrected chi connectivity index (χ0v) is 47.9. The van der Waals surface area contributed by atoms with Gasteiger partial charge in [-0.1, -0.05) is 295 Å². The van der Waals surface area contributed by atoms with Crippen LogP contribution in [0.2, 0.25) is 0 Å². The van der Waals surface area contributed by atoms with E-state index in [1.165, 1.54) is 11.1 Å². The van der Waals surface area contributed by atoms with Crippen LogP contribution in [0.25, 0.3) is 118 Å². The zero-order chi connectivity index (χ0) is 57.9. The van der Waals surface area contributed by atoms with Gasteiger partial charge >= 0.3 is 0 Å². The molecule has 0 amide bonds. The molecule has 0 fully saturated rings. The molecule has 2 atom stereocenters. The van der Waals surface area contributed by atoms with Gasteiger partial charge in [0, 0.05) is 38.9 Å². The van der Waals surface area contributed by atoms with Crippen molar-refractivity contribution in [1.29, 1.82) is 0 Å². The van der Waals surface area contributed by atoms with Crippen LogP contribution >= 0.6 is 0 Å². The third-order valence-electron chi connectivity index (χ3n) is 15.5. The van der Waals surface area contributed by atoms with E-state index in [4.69, 9.17) is 15.0 Å². The van der Waals surface area contributed by atoms with Crippen molar-refractivity contribution < 1.29 is 0 Å². The Labute approximate surface area is 495 Å². The second kappa shape index (κ2) is 25.5. The maximum Gasteiger partial charge on any atom is 0.164 e. The van der Waals surface area contributed by atoms with E-state index in [0.29, 0.717) is 17.5 Å². The molecular formula is C80H66N4. The number of hydrogen-bond donors (Lipinski definition) is 0. The molecule has 9 aromatic carbocycles. The lowest BCUT2D eigenvalue weighted by Gasteiger charge is -2.23. The quantitative estimate of drug-likeness (QED) is 0.0758. The predicted molar refractivity (Wildman–Crippen MR) is 359 cm³/mol. The first-order chi connectivity index (χ1) is 41.3. The Bertz CT molecular complexity index is 4270. The van der Waals surface area contributed by atoms with Crippen molar-refractivity contribution in [3.8, 4) is 95.5 Å². The van der Waals surface area contributed by atoms with Gasteiger partial charge in [0.1, 0.15) is 0 Å². The van der Waals surface area contributed by atoms with Crippen LogP contribution in [-0.2, 0) is 0 Å². The van der Waals surface area contributed by atoms with E-state index in [1.54, 1.807) is 6.08 Å². The smallest absolute Gasteiger partial charge is 0.164 e. The second-order valence-corrected chi connectivity index (χ2v) is 21.0. The SMILES string of the molecule is C=C/C=C\C=C/C(C)/C=C(\C=C)c1cc(-c2nc(-c3ccccc3)nc(-c3ccccc3)n2)cc(-c2ccc(-c3ccccc3)cc2)c1-n1c(C=C)c(C)c2c(-c3ccccc3-c3ccccc3C(C)/C=C\C=C)cc(-c3ccccc3)cc21. The molecule has 0 spiro atoms. The van der Waals surface area contributed by atoms with Gasteiger partial charge in [0.15, 0.2) is 17.5 Å². The maximum absolute atomic E-state index is 5.35. The van der Waals surface area contributed by atoms with E-state index in [0.717, 1.165) is 106 Å². The van der Waals surface area contributed by atoms with Gasteiger partial charge in [-0.05, 0) is 116 Å². The summed E-state index contributed by atoms with van der Waals surface area (Å²) in [7, 11) is 0. The highest BCUT2D eigenvalue weighted by Crippen LogP contribution is 2.48. The molecule has 0 aliphatic rings. The maximum atomic E-state index is 5.35. The lowest BCUT2D eigenvalue weighted by atomic mass is 9.85. The summed E-state index contributed by atoms with van der Waals surface area (Å²) in [5.74, 6) is 1.84. The average Bonchev–Trinajstić information content (AvgIpc) is 1.89. The molecule has 0 saturated heterocycles. The molecule has 0 aliphatic heterocycles. The summed E-state index contributed by atoms with van der Waals surface area (Å²) in [5.41, 5.74) is 20.8. The summed E-state index contributed by atoms with van der Waals surface area (Å²) in [6.45, 7) is 23.8. The molecule has 0 radical (unpaired) electrons. The van der Waals surface area contributed by atoms with Crippen LogP contribution in [0.5, 0.6) is 0 Å². The minimum absolute atomic E-state index is 0.00298. The predicted octanol–water partition coefficient (Wildman–Crippen LogP) is 21.5. The molecule has 0 aliphatic carbocycles. The molecule has 4 heteroatoms. The standard InChI is InChI=1S/C80H66N4/c1-8-12-14-19-32-55(5)50-58(10-3)71-52-66(80-82-78(63-38-24-17-25-39-63)81-79(83-80)64-40-26-18-27-41-64)53-72(62-48-46-61(47-49-62)59-34-20-15-21-35-59)77(71)84-74(11-4)57(7)76-73(51-65(54-75(76)84)60-36-22-16-23-37-60)70-45-31-30-44-69(70)68-43-29-28-42-67(68)56(6)33-13-9-2/h8-56H,1-4H2,5-7H3/b14-12-,32-19-,33-13-,58-50+. The Balaban J connectivity index is 1.28. The first kappa shape index (κ1) is 55.4. The van der Waals surface area contributed by atoms with Crippen molar-refractivity contribution in [3.05, 3.63) is 328 Å². The molecule has 4 nitrogen and oxygen atoms in total. The highest BCUT2D eigenvalue weighted by atomic mass is 15.0. The summed E-state index contributed by atoms with van der Waals surface area (Å²) in [4.78, 5) is 15.8. The number of allylic oxidation sites excluding steroid dienone is 11. The van der Waals surface area contributed by atoms with Crippen LogP contribution in [0, 0.1) is 12.8 Å². The summed E-state index contributed by atoms with van der Waals surface area (Å²) in [6.07, 6.45) is 22.4. The number of benzene rings is 9. The van der Waals surface area contributed by atoms with Crippen molar-refractivity contribution >= 4 is 22.6 Å². The number of rotatable bonds is 19. The molecule has 0 bridgehead atoms. The van der Waals surface area contributed by atoms with Gasteiger partial charge in [-0.15, -0.1) is 0 Å². The zero-order valence-electron chi connectivity index (χ0n) is 47.9. The minimum Gasteiger partial charge on any atom is -0.308 e. The topological polar surface area (TPSA) is 43.6 Å². The molecular weight excluding hydrogens is 1020 g/mol. The van der Waals surface area contributed by atoms with Gasteiger partial charge in [0.2, 0.25) is 0 Å². The fraction of sp³-hybridized carbons (Fsp3) is 0.0625. The molecule has 84 heavy (non-hydrogen) atoms. The third-order valence-corrected chi connectivity index (χ3v) is 15.5. The molecule has 0 N–H and O–H groups in total. The number of aromatic nitrogens is 4. The van der Waals surface area contributed by atoms with Crippen molar-refractivity contribution in [1.82, 2.24) is 19.5 Å². The fourth-order valence-electron chi connectivity index (χ4n) is 11.4. The van der Waals surface area contributed by atoms with Gasteiger partial charge in [-0.3, -0.25) is 0 Å². The van der Waals surface area contributed by atoms with Crippen molar-refractivity contribution in [2.75, 3.05) is 0 Å². The number of nitrogens with zero attached hydrogens (tertiary/aromatic N) is 4. The van der Waals surface area contributed by atoms with Gasteiger partial charge in [-0.2, -0.15) is 0 Å². The van der Waals surface area contributed by atoms with Crippen LogP contribution in [-0.4, -0.2) is 19.5 Å². The molecule has 2 aromatic heterocycles. The van der Waals surface area contributed by atoms with Gasteiger partial charge in [0.25, 0.3) is 0 Å². The highest BCUT2D eigenvalue weighted by molar-refractivity contribution is 6.07. The second-order valence-electron chi connectivity index (χ2n) is 21.0. The summed E-state index contributed by atoms with van der Waals surface area (Å²) in [5, 5.41) is 1.13. The van der Waals surface area contributed by atoms with E-state index in [2.05, 4.69) is 234 Å². The van der Waals surface area contributed by atoms with Gasteiger partial charge in [0.05, 0.1) is 11.2 Å². The summed E-state index contributed by atoms with van der Waals surface area (Å²) < 4.78 is 2.45. The van der Waals surface area contributed by atoms with E-state index in [9.17, 15) is 0 Å². The first-order valence-corrected chi connectivity index (χ1v) is 28.6. The molecule has 11 aromatic rings. The number of aryl methyl sites for hydroxylation is 1. The third kappa shape index (κ3) is 11.5. The molecule has 406 valence electrons. The van der Waals surface area contributed by atoms with Crippen molar-refractivity contribution in [3.63, 3.8) is 0 Å². The van der Waals surface area contributed by atoms with E-state index >= 15 is 0 Å². The van der Waals surface area contributed by atoms with Crippen LogP contribution < -0.4 is 0 Å². The minimum atomic E-state index is -0.00298. The Hall–Kier alpha value is -10.6. The van der Waals surface area contributed by atoms with Crippen LogP contribution in [0.3, 0.4) is 0 Å². The van der Waals surface area contributed by atoms with E-state index in [-0.39, 0.29) is 11.8 Å². The van der Waals surface area contributed by atoms with E-state index < -0.39 is 0 Å². The lowest BCUT2D eigenvalue weighted by molar-refractivity contribution is 0.942. The Morgan fingerprint density at radius 1 is 0.429 bits per heavy atom. The first-order valence-electron chi connectivity index (χ1n) is 28.6. The van der Waals surface area contributed by atoms with Crippen LogP contribution in [0.1, 0.15) is 42.1 Å². The van der Waals surface area contributed by atoms with Crippen molar-refractivity contribution in [2.24, 2.45) is 5.92 Å². The van der Waals surface area contributed by atoms with Gasteiger partial charge in [-0.25, -0.2) is 15.0 Å². The van der Waals surface area contributed by atoms with Crippen LogP contribution in [0.15, 0.2) is 305 Å². The Kier molecular flexibility index (Phi) is 16.8. The lowest BCUT2D eigenvalue weighted by Crippen LogP contribution is -2.07. The molecule has 2 heterocycles. The van der Waals surface area contributed by atoms with Crippen LogP contribution in [0.4, 0.5) is 0 Å². The molecule has 2 unspecified atom stereocenters. The van der Waals surface area contributed by atoms with Crippen molar-refractivity contribution in [2.45, 2.75) is 26.7 Å². The number of fused-ring (bicyclic) bond motifs is 1.